The third-order valence-electron chi connectivity index (χ3n) is 4.92. The monoisotopic (exact) mass is 304 g/mol. The Morgan fingerprint density at radius 3 is 2.82 bits per heavy atom. The van der Waals surface area contributed by atoms with Crippen LogP contribution in [0.4, 0.5) is 5.82 Å². The summed E-state index contributed by atoms with van der Waals surface area (Å²) >= 11 is 0. The highest BCUT2D eigenvalue weighted by molar-refractivity contribution is 5.41. The molecule has 0 amide bonds. The van der Waals surface area contributed by atoms with E-state index in [0.29, 0.717) is 31.6 Å². The molecular weight excluding hydrogens is 280 g/mol. The van der Waals surface area contributed by atoms with Crippen LogP contribution < -0.4 is 10.2 Å². The van der Waals surface area contributed by atoms with Crippen LogP contribution in [-0.2, 0) is 4.74 Å². The van der Waals surface area contributed by atoms with E-state index in [0.717, 1.165) is 37.6 Å². The molecule has 1 unspecified atom stereocenters. The lowest BCUT2D eigenvalue weighted by Gasteiger charge is -2.40. The maximum atomic E-state index is 10.2. The molecule has 120 valence electrons. The predicted octanol–water partition coefficient (Wildman–Crippen LogP) is 0.531. The summed E-state index contributed by atoms with van der Waals surface area (Å²) in [7, 11) is 0. The molecule has 3 aliphatic rings. The molecule has 1 saturated carbocycles. The molecule has 1 aromatic heterocycles. The lowest BCUT2D eigenvalue weighted by molar-refractivity contribution is 0.0262. The van der Waals surface area contributed by atoms with Gasteiger partial charge in [-0.05, 0) is 25.0 Å². The number of ether oxygens (including phenoxy) is 1. The van der Waals surface area contributed by atoms with E-state index in [1.54, 1.807) is 0 Å². The van der Waals surface area contributed by atoms with Crippen LogP contribution in [0.5, 0.6) is 0 Å². The van der Waals surface area contributed by atoms with Crippen molar-refractivity contribution in [2.24, 2.45) is 5.92 Å². The van der Waals surface area contributed by atoms with E-state index < -0.39 is 5.60 Å². The third kappa shape index (κ3) is 3.09. The molecular formula is C16H24N4O2. The van der Waals surface area contributed by atoms with Crippen LogP contribution in [0.15, 0.2) is 12.1 Å². The Hall–Kier alpha value is -1.24. The van der Waals surface area contributed by atoms with Gasteiger partial charge in [0.05, 0.1) is 12.3 Å². The lowest BCUT2D eigenvalue weighted by Crippen LogP contribution is -2.53. The molecule has 2 aliphatic heterocycles. The van der Waals surface area contributed by atoms with Crippen molar-refractivity contribution in [3.05, 3.63) is 17.8 Å². The van der Waals surface area contributed by atoms with Gasteiger partial charge in [0, 0.05) is 51.0 Å². The SMILES string of the molecule is OC1(CNCC2CN(c3ccc(C4CC4)nn3)C2)CCOC1. The average Bonchev–Trinajstić information content (AvgIpc) is 3.24. The predicted molar refractivity (Wildman–Crippen MR) is 83.0 cm³/mol. The molecule has 0 bridgehead atoms. The van der Waals surface area contributed by atoms with Crippen LogP contribution in [0.3, 0.4) is 0 Å². The Labute approximate surface area is 130 Å². The summed E-state index contributed by atoms with van der Waals surface area (Å²) in [5.74, 6) is 2.28. The largest absolute Gasteiger partial charge is 0.386 e. The van der Waals surface area contributed by atoms with Gasteiger partial charge in [-0.2, -0.15) is 5.10 Å². The van der Waals surface area contributed by atoms with Crippen molar-refractivity contribution in [1.29, 1.82) is 0 Å². The Morgan fingerprint density at radius 2 is 2.18 bits per heavy atom. The van der Waals surface area contributed by atoms with Gasteiger partial charge >= 0.3 is 0 Å². The molecule has 2 saturated heterocycles. The quantitative estimate of drug-likeness (QED) is 0.799. The van der Waals surface area contributed by atoms with E-state index >= 15 is 0 Å². The van der Waals surface area contributed by atoms with Crippen molar-refractivity contribution in [1.82, 2.24) is 15.5 Å². The van der Waals surface area contributed by atoms with E-state index in [9.17, 15) is 5.11 Å². The van der Waals surface area contributed by atoms with Crippen molar-refractivity contribution in [3.63, 3.8) is 0 Å². The molecule has 1 aliphatic carbocycles. The molecule has 22 heavy (non-hydrogen) atoms. The summed E-state index contributed by atoms with van der Waals surface area (Å²) in [6.45, 7) is 4.72. The summed E-state index contributed by atoms with van der Waals surface area (Å²) in [5, 5.41) is 22.3. The van der Waals surface area contributed by atoms with Gasteiger partial charge in [0.15, 0.2) is 5.82 Å². The van der Waals surface area contributed by atoms with Gasteiger partial charge in [-0.1, -0.05) is 0 Å². The fourth-order valence-electron chi connectivity index (χ4n) is 3.23. The lowest BCUT2D eigenvalue weighted by atomic mass is 9.99. The maximum Gasteiger partial charge on any atom is 0.151 e. The highest BCUT2D eigenvalue weighted by atomic mass is 16.5. The molecule has 0 spiro atoms. The minimum absolute atomic E-state index is 0.458. The zero-order valence-electron chi connectivity index (χ0n) is 12.9. The fraction of sp³-hybridized carbons (Fsp3) is 0.750. The maximum absolute atomic E-state index is 10.2. The van der Waals surface area contributed by atoms with E-state index in [4.69, 9.17) is 4.74 Å². The Balaban J connectivity index is 1.19. The van der Waals surface area contributed by atoms with Gasteiger partial charge in [0.2, 0.25) is 0 Å². The molecule has 3 heterocycles. The molecule has 1 aromatic rings. The number of aromatic nitrogens is 2. The second-order valence-electron chi connectivity index (χ2n) is 7.02. The van der Waals surface area contributed by atoms with Gasteiger partial charge < -0.3 is 20.1 Å². The van der Waals surface area contributed by atoms with Crippen LogP contribution in [0, 0.1) is 5.92 Å². The number of hydrogen-bond donors (Lipinski definition) is 2. The van der Waals surface area contributed by atoms with E-state index in [2.05, 4.69) is 32.5 Å². The second kappa shape index (κ2) is 5.76. The molecule has 4 rings (SSSR count). The Kier molecular flexibility index (Phi) is 3.76. The first-order valence-electron chi connectivity index (χ1n) is 8.31. The fourth-order valence-corrected chi connectivity index (χ4v) is 3.23. The van der Waals surface area contributed by atoms with E-state index in [1.807, 2.05) is 0 Å². The number of aliphatic hydroxyl groups is 1. The molecule has 0 radical (unpaired) electrons. The van der Waals surface area contributed by atoms with Crippen molar-refractivity contribution in [3.8, 4) is 0 Å². The number of nitrogens with one attached hydrogen (secondary N) is 1. The summed E-state index contributed by atoms with van der Waals surface area (Å²) in [6.07, 6.45) is 3.27. The Bertz CT molecular complexity index is 505. The second-order valence-corrected chi connectivity index (χ2v) is 7.02. The first-order chi connectivity index (χ1) is 10.7. The van der Waals surface area contributed by atoms with Gasteiger partial charge in [-0.25, -0.2) is 0 Å². The van der Waals surface area contributed by atoms with Gasteiger partial charge in [0.25, 0.3) is 0 Å². The van der Waals surface area contributed by atoms with Gasteiger partial charge in [0.1, 0.15) is 5.60 Å². The highest BCUT2D eigenvalue weighted by Gasteiger charge is 2.33. The van der Waals surface area contributed by atoms with E-state index in [-0.39, 0.29) is 0 Å². The first-order valence-corrected chi connectivity index (χ1v) is 8.31. The number of anilines is 1. The summed E-state index contributed by atoms with van der Waals surface area (Å²) in [5.41, 5.74) is 0.489. The minimum Gasteiger partial charge on any atom is -0.386 e. The summed E-state index contributed by atoms with van der Waals surface area (Å²) < 4.78 is 5.25. The number of nitrogens with zero attached hydrogens (tertiary/aromatic N) is 3. The molecule has 6 heteroatoms. The summed E-state index contributed by atoms with van der Waals surface area (Å²) in [4.78, 5) is 2.27. The zero-order valence-corrected chi connectivity index (χ0v) is 12.9. The highest BCUT2D eigenvalue weighted by Crippen LogP contribution is 2.38. The van der Waals surface area contributed by atoms with Crippen molar-refractivity contribution >= 4 is 5.82 Å². The number of hydrogen-bond acceptors (Lipinski definition) is 6. The first kappa shape index (κ1) is 14.4. The smallest absolute Gasteiger partial charge is 0.151 e. The van der Waals surface area contributed by atoms with Crippen molar-refractivity contribution in [2.75, 3.05) is 44.3 Å². The normalized spacial score (nSPS) is 28.9. The van der Waals surface area contributed by atoms with Crippen LogP contribution in [0.2, 0.25) is 0 Å². The van der Waals surface area contributed by atoms with Crippen molar-refractivity contribution < 1.29 is 9.84 Å². The molecule has 1 atom stereocenters. The van der Waals surface area contributed by atoms with Gasteiger partial charge in [-0.3, -0.25) is 0 Å². The van der Waals surface area contributed by atoms with Crippen LogP contribution in [0.25, 0.3) is 0 Å². The molecule has 0 aromatic carbocycles. The third-order valence-corrected chi connectivity index (χ3v) is 4.92. The van der Waals surface area contributed by atoms with Crippen LogP contribution >= 0.6 is 0 Å². The van der Waals surface area contributed by atoms with E-state index in [1.165, 1.54) is 12.8 Å². The topological polar surface area (TPSA) is 70.5 Å². The molecule has 6 nitrogen and oxygen atoms in total. The minimum atomic E-state index is -0.659. The van der Waals surface area contributed by atoms with Crippen LogP contribution in [-0.4, -0.2) is 60.3 Å². The zero-order chi connectivity index (χ0) is 15.0. The van der Waals surface area contributed by atoms with Gasteiger partial charge in [-0.15, -0.1) is 5.10 Å². The standard InChI is InChI=1S/C16H24N4O2/c21-16(5-6-22-11-16)10-17-7-12-8-20(9-12)15-4-3-14(18-19-15)13-1-2-13/h3-4,12-13,17,21H,1-2,5-11H2. The van der Waals surface area contributed by atoms with Crippen molar-refractivity contribution in [2.45, 2.75) is 30.8 Å². The Morgan fingerprint density at radius 1 is 1.32 bits per heavy atom. The number of rotatable bonds is 6. The molecule has 2 N–H and O–H groups in total. The van der Waals surface area contributed by atoms with Crippen LogP contribution in [0.1, 0.15) is 30.9 Å². The molecule has 3 fully saturated rings. The summed E-state index contributed by atoms with van der Waals surface area (Å²) in [6, 6.07) is 4.23. The average molecular weight is 304 g/mol.